The summed E-state index contributed by atoms with van der Waals surface area (Å²) in [6, 6.07) is 5.07. The van der Waals surface area contributed by atoms with Gasteiger partial charge in [0, 0.05) is 6.08 Å². The second-order valence-electron chi connectivity index (χ2n) is 4.38. The molecule has 0 saturated carbocycles. The zero-order valence-electron chi connectivity index (χ0n) is 10.6. The van der Waals surface area contributed by atoms with Crippen LogP contribution in [0.1, 0.15) is 11.6 Å². The average molecular weight is 262 g/mol. The van der Waals surface area contributed by atoms with Crippen molar-refractivity contribution < 1.29 is 14.3 Å². The van der Waals surface area contributed by atoms with Gasteiger partial charge in [-0.15, -0.1) is 0 Å². The van der Waals surface area contributed by atoms with E-state index in [-0.39, 0.29) is 6.04 Å². The normalized spacial score (nSPS) is 13.4. The van der Waals surface area contributed by atoms with Gasteiger partial charge in [-0.3, -0.25) is 9.88 Å². The van der Waals surface area contributed by atoms with Gasteiger partial charge in [0.05, 0.1) is 11.6 Å². The number of aromatic nitrogens is 1. The van der Waals surface area contributed by atoms with Crippen molar-refractivity contribution in [1.29, 1.82) is 0 Å². The molecule has 6 nitrogen and oxygen atoms in total. The lowest BCUT2D eigenvalue weighted by molar-refractivity contribution is -0.131. The smallest absolute Gasteiger partial charge is 0.417 e. The zero-order chi connectivity index (χ0) is 14.0. The van der Waals surface area contributed by atoms with Gasteiger partial charge >= 0.3 is 11.7 Å². The Kier molecular flexibility index (Phi) is 3.52. The summed E-state index contributed by atoms with van der Waals surface area (Å²) in [6.07, 6.45) is 2.69. The highest BCUT2D eigenvalue weighted by Gasteiger charge is 2.13. The van der Waals surface area contributed by atoms with E-state index in [0.29, 0.717) is 11.1 Å². The quantitative estimate of drug-likeness (QED) is 0.812. The highest BCUT2D eigenvalue weighted by atomic mass is 16.4. The zero-order valence-corrected chi connectivity index (χ0v) is 10.6. The summed E-state index contributed by atoms with van der Waals surface area (Å²) < 4.78 is 4.92. The molecule has 0 aliphatic carbocycles. The van der Waals surface area contributed by atoms with E-state index in [1.807, 2.05) is 19.0 Å². The van der Waals surface area contributed by atoms with Gasteiger partial charge in [0.2, 0.25) is 0 Å². The first-order valence-corrected chi connectivity index (χ1v) is 5.67. The van der Waals surface area contributed by atoms with Gasteiger partial charge in [-0.2, -0.15) is 0 Å². The number of nitrogens with one attached hydrogen (secondary N) is 1. The minimum Gasteiger partial charge on any atom is -0.478 e. The number of carboxylic acid groups (broad SMARTS) is 1. The lowest BCUT2D eigenvalue weighted by atomic mass is 10.0. The first-order chi connectivity index (χ1) is 8.97. The third-order valence-electron chi connectivity index (χ3n) is 2.76. The summed E-state index contributed by atoms with van der Waals surface area (Å²) in [4.78, 5) is 26.2. The molecule has 1 aromatic carbocycles. The van der Waals surface area contributed by atoms with Crippen LogP contribution in [0.2, 0.25) is 0 Å². The number of hydrogen-bond donors (Lipinski definition) is 2. The number of oxazole rings is 1. The summed E-state index contributed by atoms with van der Waals surface area (Å²) in [5.74, 6) is -1.50. The van der Waals surface area contributed by atoms with Crippen LogP contribution in [0, 0.1) is 0 Å². The lowest BCUT2D eigenvalue weighted by Gasteiger charge is -2.21. The van der Waals surface area contributed by atoms with Crippen LogP contribution in [-0.4, -0.2) is 35.1 Å². The molecule has 1 atom stereocenters. The minimum atomic E-state index is -0.996. The molecule has 100 valence electrons. The van der Waals surface area contributed by atoms with Crippen molar-refractivity contribution in [2.75, 3.05) is 14.1 Å². The Balaban J connectivity index is 2.43. The van der Waals surface area contributed by atoms with Gasteiger partial charge < -0.3 is 9.52 Å². The Morgan fingerprint density at radius 2 is 2.21 bits per heavy atom. The molecule has 19 heavy (non-hydrogen) atoms. The SMILES string of the molecule is CN(C)C(/C=C/C(=O)O)c1ccc2oc(=O)[nH]c2c1. The molecule has 0 amide bonds. The first-order valence-electron chi connectivity index (χ1n) is 5.67. The van der Waals surface area contributed by atoms with E-state index in [4.69, 9.17) is 9.52 Å². The number of rotatable bonds is 4. The Bertz CT molecular complexity index is 681. The molecule has 0 spiro atoms. The number of H-pyrrole nitrogens is 1. The number of carbonyl (C=O) groups is 1. The van der Waals surface area contributed by atoms with Crippen molar-refractivity contribution in [1.82, 2.24) is 9.88 Å². The minimum absolute atomic E-state index is 0.195. The summed E-state index contributed by atoms with van der Waals surface area (Å²) in [5.41, 5.74) is 1.94. The van der Waals surface area contributed by atoms with Gasteiger partial charge in [0.25, 0.3) is 0 Å². The number of nitrogens with zero attached hydrogens (tertiary/aromatic N) is 1. The first kappa shape index (κ1) is 13.1. The Labute approximate surface area is 109 Å². The lowest BCUT2D eigenvalue weighted by Crippen LogP contribution is -2.18. The van der Waals surface area contributed by atoms with Crippen LogP contribution in [0.5, 0.6) is 0 Å². The van der Waals surface area contributed by atoms with E-state index in [9.17, 15) is 9.59 Å². The predicted molar refractivity (Wildman–Crippen MR) is 70.0 cm³/mol. The van der Waals surface area contributed by atoms with Gasteiger partial charge in [-0.1, -0.05) is 12.1 Å². The third-order valence-corrected chi connectivity index (χ3v) is 2.76. The fourth-order valence-corrected chi connectivity index (χ4v) is 1.91. The average Bonchev–Trinajstić information content (AvgIpc) is 2.67. The molecular weight excluding hydrogens is 248 g/mol. The number of fused-ring (bicyclic) bond motifs is 1. The van der Waals surface area contributed by atoms with Crippen molar-refractivity contribution in [3.63, 3.8) is 0 Å². The van der Waals surface area contributed by atoms with E-state index >= 15 is 0 Å². The van der Waals surface area contributed by atoms with Crippen molar-refractivity contribution in [2.24, 2.45) is 0 Å². The van der Waals surface area contributed by atoms with Crippen LogP contribution in [0.15, 0.2) is 39.6 Å². The highest BCUT2D eigenvalue weighted by molar-refractivity contribution is 5.80. The van der Waals surface area contributed by atoms with E-state index in [1.54, 1.807) is 24.3 Å². The molecule has 2 N–H and O–H groups in total. The van der Waals surface area contributed by atoms with Gasteiger partial charge in [-0.05, 0) is 31.8 Å². The molecule has 1 heterocycles. The molecule has 1 aromatic heterocycles. The number of benzene rings is 1. The second kappa shape index (κ2) is 5.11. The van der Waals surface area contributed by atoms with Crippen molar-refractivity contribution in [3.05, 3.63) is 46.5 Å². The Morgan fingerprint density at radius 1 is 1.47 bits per heavy atom. The monoisotopic (exact) mass is 262 g/mol. The molecule has 0 aliphatic heterocycles. The van der Waals surface area contributed by atoms with Crippen LogP contribution in [0.4, 0.5) is 0 Å². The number of carboxylic acids is 1. The van der Waals surface area contributed by atoms with E-state index < -0.39 is 11.7 Å². The molecule has 0 radical (unpaired) electrons. The van der Waals surface area contributed by atoms with Gasteiger partial charge in [0.1, 0.15) is 0 Å². The fourth-order valence-electron chi connectivity index (χ4n) is 1.91. The molecule has 0 aliphatic rings. The van der Waals surface area contributed by atoms with Crippen LogP contribution < -0.4 is 5.76 Å². The summed E-state index contributed by atoms with van der Waals surface area (Å²) in [5, 5.41) is 8.70. The van der Waals surface area contributed by atoms with E-state index in [2.05, 4.69) is 4.98 Å². The molecule has 1 unspecified atom stereocenters. The Hall–Kier alpha value is -2.34. The van der Waals surface area contributed by atoms with Gasteiger partial charge in [-0.25, -0.2) is 9.59 Å². The topological polar surface area (TPSA) is 86.5 Å². The van der Waals surface area contributed by atoms with Crippen LogP contribution >= 0.6 is 0 Å². The summed E-state index contributed by atoms with van der Waals surface area (Å²) in [6.45, 7) is 0. The van der Waals surface area contributed by atoms with E-state index in [1.165, 1.54) is 0 Å². The van der Waals surface area contributed by atoms with Crippen molar-refractivity contribution in [3.8, 4) is 0 Å². The van der Waals surface area contributed by atoms with Crippen molar-refractivity contribution >= 4 is 17.1 Å². The molecule has 0 saturated heterocycles. The second-order valence-corrected chi connectivity index (χ2v) is 4.38. The fraction of sp³-hybridized carbons (Fsp3) is 0.231. The molecule has 0 bridgehead atoms. The number of aromatic amines is 1. The maximum Gasteiger partial charge on any atom is 0.417 e. The Morgan fingerprint density at radius 3 is 2.84 bits per heavy atom. The summed E-state index contributed by atoms with van der Waals surface area (Å²) in [7, 11) is 3.69. The molecule has 6 heteroatoms. The van der Waals surface area contributed by atoms with Gasteiger partial charge in [0.15, 0.2) is 5.58 Å². The molecule has 0 fully saturated rings. The van der Waals surface area contributed by atoms with Crippen LogP contribution in [0.3, 0.4) is 0 Å². The largest absolute Gasteiger partial charge is 0.478 e. The molecule has 2 rings (SSSR count). The van der Waals surface area contributed by atoms with Crippen molar-refractivity contribution in [2.45, 2.75) is 6.04 Å². The maximum absolute atomic E-state index is 11.1. The summed E-state index contributed by atoms with van der Waals surface area (Å²) >= 11 is 0. The molecule has 2 aromatic rings. The number of likely N-dealkylation sites (N-methyl/N-ethyl adjacent to an activating group) is 1. The number of aliphatic carboxylic acids is 1. The standard InChI is InChI=1S/C13H14N2O4/c1-15(2)10(4-6-12(16)17)8-3-5-11-9(7-8)14-13(18)19-11/h3-7,10H,1-2H3,(H,14,18)(H,16,17)/b6-4+. The van der Waals surface area contributed by atoms with Crippen LogP contribution in [0.25, 0.3) is 11.1 Å². The van der Waals surface area contributed by atoms with E-state index in [0.717, 1.165) is 11.6 Å². The maximum atomic E-state index is 11.1. The molecular formula is C13H14N2O4. The predicted octanol–water partition coefficient (Wildman–Crippen LogP) is 1.36. The number of hydrogen-bond acceptors (Lipinski definition) is 4. The van der Waals surface area contributed by atoms with Crippen LogP contribution in [-0.2, 0) is 4.79 Å². The third kappa shape index (κ3) is 2.92. The highest BCUT2D eigenvalue weighted by Crippen LogP contribution is 2.23.